The molecule has 7 heteroatoms. The number of hydrogen-bond donors (Lipinski definition) is 1. The summed E-state index contributed by atoms with van der Waals surface area (Å²) in [5.74, 6) is -0.317. The van der Waals surface area contributed by atoms with Gasteiger partial charge in [-0.15, -0.1) is 0 Å². The van der Waals surface area contributed by atoms with Crippen LogP contribution in [0.3, 0.4) is 0 Å². The van der Waals surface area contributed by atoms with Crippen molar-refractivity contribution in [3.05, 3.63) is 104 Å². The Morgan fingerprint density at radius 2 is 1.59 bits per heavy atom. The second-order valence-corrected chi connectivity index (χ2v) is 10.2. The number of nitrogens with one attached hydrogen (secondary N) is 1. The summed E-state index contributed by atoms with van der Waals surface area (Å²) in [4.78, 5) is 15.3. The summed E-state index contributed by atoms with van der Waals surface area (Å²) in [6.45, 7) is 8.46. The number of anilines is 1. The minimum Gasteiger partial charge on any atom is -0.321 e. The van der Waals surface area contributed by atoms with Crippen molar-refractivity contribution in [1.82, 2.24) is 9.78 Å². The van der Waals surface area contributed by atoms with Gasteiger partial charge in [0.15, 0.2) is 0 Å². The lowest BCUT2D eigenvalue weighted by molar-refractivity contribution is 0.102. The zero-order valence-corrected chi connectivity index (χ0v) is 21.8. The smallest absolute Gasteiger partial charge is 0.260 e. The van der Waals surface area contributed by atoms with Crippen LogP contribution in [-0.2, 0) is 6.54 Å². The Labute approximate surface area is 214 Å². The largest absolute Gasteiger partial charge is 0.321 e. The molecule has 0 fully saturated rings. The molecule has 0 unspecified atom stereocenters. The first-order chi connectivity index (χ1) is 16.2. The molecular formula is C27H25Cl2N3OS. The first-order valence-electron chi connectivity index (χ1n) is 10.9. The number of hydrogen-bond acceptors (Lipinski definition) is 3. The second kappa shape index (κ2) is 10.3. The summed E-state index contributed by atoms with van der Waals surface area (Å²) >= 11 is 14.5. The number of halogens is 2. The molecule has 1 heterocycles. The van der Waals surface area contributed by atoms with Gasteiger partial charge in [-0.1, -0.05) is 82.5 Å². The van der Waals surface area contributed by atoms with Gasteiger partial charge in [-0.05, 0) is 63.1 Å². The van der Waals surface area contributed by atoms with E-state index in [1.54, 1.807) is 29.4 Å². The number of carbonyl (C=O) groups excluding carboxylic acids is 1. The summed E-state index contributed by atoms with van der Waals surface area (Å²) in [5.41, 5.74) is 6.18. The molecule has 4 rings (SSSR count). The van der Waals surface area contributed by atoms with Crippen LogP contribution in [0, 0.1) is 27.7 Å². The second-order valence-electron chi connectivity index (χ2n) is 8.36. The van der Waals surface area contributed by atoms with Crippen molar-refractivity contribution in [1.29, 1.82) is 0 Å². The van der Waals surface area contributed by atoms with Crippen LogP contribution < -0.4 is 5.32 Å². The van der Waals surface area contributed by atoms with E-state index in [4.69, 9.17) is 23.2 Å². The van der Waals surface area contributed by atoms with Gasteiger partial charge in [-0.3, -0.25) is 4.79 Å². The van der Waals surface area contributed by atoms with Gasteiger partial charge in [0.1, 0.15) is 5.15 Å². The Kier molecular flexibility index (Phi) is 7.36. The first kappa shape index (κ1) is 24.4. The molecule has 0 saturated carbocycles. The van der Waals surface area contributed by atoms with Gasteiger partial charge >= 0.3 is 0 Å². The van der Waals surface area contributed by atoms with Crippen molar-refractivity contribution < 1.29 is 4.79 Å². The van der Waals surface area contributed by atoms with Gasteiger partial charge in [0.25, 0.3) is 5.91 Å². The van der Waals surface area contributed by atoms with E-state index in [1.807, 2.05) is 43.3 Å². The third kappa shape index (κ3) is 5.49. The van der Waals surface area contributed by atoms with Crippen molar-refractivity contribution in [2.24, 2.45) is 0 Å². The highest BCUT2D eigenvalue weighted by Crippen LogP contribution is 2.37. The fraction of sp³-hybridized carbons (Fsp3) is 0.185. The van der Waals surface area contributed by atoms with Crippen LogP contribution in [0.5, 0.6) is 0 Å². The summed E-state index contributed by atoms with van der Waals surface area (Å²) in [6, 6.07) is 19.9. The number of benzene rings is 3. The van der Waals surface area contributed by atoms with Crippen molar-refractivity contribution in [3.63, 3.8) is 0 Å². The number of aromatic nitrogens is 2. The Hall–Kier alpha value is -2.73. The average molecular weight is 510 g/mol. The maximum atomic E-state index is 13.3. The molecule has 3 aromatic carbocycles. The van der Waals surface area contributed by atoms with Crippen LogP contribution >= 0.6 is 35.0 Å². The molecule has 1 N–H and O–H groups in total. The number of rotatable bonds is 6. The number of aryl methyl sites for hydroxylation is 4. The third-order valence-corrected chi connectivity index (χ3v) is 7.36. The maximum Gasteiger partial charge on any atom is 0.260 e. The lowest BCUT2D eigenvalue weighted by atomic mass is 10.1. The minimum absolute atomic E-state index is 0.307. The first-order valence-corrected chi connectivity index (χ1v) is 12.4. The SMILES string of the molecule is Cc1ccc(Cn2nc(C)c(C(=O)Nc3cc(Cl)ccc3Sc3ccc(C)cc3C)c2Cl)cc1. The van der Waals surface area contributed by atoms with Crippen LogP contribution in [-0.4, -0.2) is 15.7 Å². The summed E-state index contributed by atoms with van der Waals surface area (Å²) in [7, 11) is 0. The van der Waals surface area contributed by atoms with Crippen LogP contribution in [0.25, 0.3) is 0 Å². The molecule has 4 nitrogen and oxygen atoms in total. The van der Waals surface area contributed by atoms with Crippen LogP contribution in [0.15, 0.2) is 70.5 Å². The molecule has 0 bridgehead atoms. The molecule has 174 valence electrons. The summed E-state index contributed by atoms with van der Waals surface area (Å²) in [6.07, 6.45) is 0. The number of nitrogens with zero attached hydrogens (tertiary/aromatic N) is 2. The number of carbonyl (C=O) groups is 1. The van der Waals surface area contributed by atoms with E-state index >= 15 is 0 Å². The Morgan fingerprint density at radius 3 is 2.29 bits per heavy atom. The Bertz CT molecular complexity index is 1360. The topological polar surface area (TPSA) is 46.9 Å². The van der Waals surface area contributed by atoms with Gasteiger partial charge in [-0.2, -0.15) is 5.10 Å². The fourth-order valence-corrected chi connectivity index (χ4v) is 5.13. The van der Waals surface area contributed by atoms with Crippen molar-refractivity contribution in [2.75, 3.05) is 5.32 Å². The van der Waals surface area contributed by atoms with Crippen molar-refractivity contribution in [2.45, 2.75) is 44.0 Å². The molecule has 1 aromatic heterocycles. The standard InChI is InChI=1S/C27H25Cl2N3OS/c1-16-5-8-20(9-6-16)15-32-26(29)25(19(4)31-32)27(33)30-22-14-21(28)10-12-24(22)34-23-11-7-17(2)13-18(23)3/h5-14H,15H2,1-4H3,(H,30,33). The predicted octanol–water partition coefficient (Wildman–Crippen LogP) is 7.88. The minimum atomic E-state index is -0.317. The summed E-state index contributed by atoms with van der Waals surface area (Å²) < 4.78 is 1.65. The Morgan fingerprint density at radius 1 is 0.912 bits per heavy atom. The Balaban J connectivity index is 1.60. The van der Waals surface area contributed by atoms with Gasteiger partial charge in [0.2, 0.25) is 0 Å². The lowest BCUT2D eigenvalue weighted by Gasteiger charge is -2.13. The molecule has 1 amide bonds. The van der Waals surface area contributed by atoms with E-state index in [-0.39, 0.29) is 5.91 Å². The fourth-order valence-electron chi connectivity index (χ4n) is 3.69. The molecule has 0 aliphatic carbocycles. The summed E-state index contributed by atoms with van der Waals surface area (Å²) in [5, 5.41) is 8.36. The van der Waals surface area contributed by atoms with E-state index < -0.39 is 0 Å². The van der Waals surface area contributed by atoms with E-state index in [9.17, 15) is 4.79 Å². The van der Waals surface area contributed by atoms with Crippen molar-refractivity contribution in [3.8, 4) is 0 Å². The van der Waals surface area contributed by atoms with Crippen LogP contribution in [0.1, 0.15) is 38.3 Å². The monoisotopic (exact) mass is 509 g/mol. The van der Waals surface area contributed by atoms with E-state index in [0.29, 0.717) is 33.7 Å². The highest BCUT2D eigenvalue weighted by Gasteiger charge is 2.22. The van der Waals surface area contributed by atoms with E-state index in [1.165, 1.54) is 16.7 Å². The molecule has 0 saturated heterocycles. The lowest BCUT2D eigenvalue weighted by Crippen LogP contribution is -2.14. The van der Waals surface area contributed by atoms with E-state index in [0.717, 1.165) is 15.4 Å². The van der Waals surface area contributed by atoms with E-state index in [2.05, 4.69) is 42.5 Å². The van der Waals surface area contributed by atoms with Gasteiger partial charge in [0, 0.05) is 14.8 Å². The predicted molar refractivity (Wildman–Crippen MR) is 142 cm³/mol. The molecule has 0 atom stereocenters. The molecule has 0 radical (unpaired) electrons. The van der Waals surface area contributed by atoms with Gasteiger partial charge in [-0.25, -0.2) is 4.68 Å². The molecule has 4 aromatic rings. The molecular weight excluding hydrogens is 485 g/mol. The zero-order valence-electron chi connectivity index (χ0n) is 19.4. The molecule has 0 aliphatic rings. The highest BCUT2D eigenvalue weighted by molar-refractivity contribution is 7.99. The average Bonchev–Trinajstić information content (AvgIpc) is 3.06. The highest BCUT2D eigenvalue weighted by atomic mass is 35.5. The van der Waals surface area contributed by atoms with Crippen molar-refractivity contribution >= 4 is 46.6 Å². The quantitative estimate of drug-likeness (QED) is 0.287. The zero-order chi connectivity index (χ0) is 24.4. The maximum absolute atomic E-state index is 13.3. The van der Waals surface area contributed by atoms with Gasteiger partial charge in [0.05, 0.1) is 23.5 Å². The van der Waals surface area contributed by atoms with Crippen LogP contribution in [0.4, 0.5) is 5.69 Å². The number of amides is 1. The molecule has 0 aliphatic heterocycles. The van der Waals surface area contributed by atoms with Gasteiger partial charge < -0.3 is 5.32 Å². The molecule has 0 spiro atoms. The third-order valence-electron chi connectivity index (χ3n) is 5.49. The van der Waals surface area contributed by atoms with Crippen LogP contribution in [0.2, 0.25) is 10.2 Å². The normalized spacial score (nSPS) is 11.0. The molecule has 34 heavy (non-hydrogen) atoms.